The van der Waals surface area contributed by atoms with Gasteiger partial charge in [0, 0.05) is 5.92 Å². The van der Waals surface area contributed by atoms with Gasteiger partial charge in [0.2, 0.25) is 0 Å². The van der Waals surface area contributed by atoms with Crippen molar-refractivity contribution >= 4 is 5.97 Å². The molecule has 4 nitrogen and oxygen atoms in total. The maximum absolute atomic E-state index is 12.0. The first-order chi connectivity index (χ1) is 10.3. The number of hydrogen-bond acceptors (Lipinski definition) is 4. The minimum Gasteiger partial charge on any atom is -0.469 e. The summed E-state index contributed by atoms with van der Waals surface area (Å²) < 4.78 is 10.4. The van der Waals surface area contributed by atoms with Crippen molar-refractivity contribution in [3.05, 3.63) is 60.1 Å². The van der Waals surface area contributed by atoms with Crippen LogP contribution in [-0.4, -0.2) is 12.6 Å². The van der Waals surface area contributed by atoms with Crippen LogP contribution in [0.25, 0.3) is 0 Å². The Labute approximate surface area is 124 Å². The molecule has 2 rings (SSSR count). The van der Waals surface area contributed by atoms with Gasteiger partial charge in [-0.2, -0.15) is 5.26 Å². The van der Waals surface area contributed by atoms with Gasteiger partial charge in [-0.3, -0.25) is 4.79 Å². The van der Waals surface area contributed by atoms with Crippen molar-refractivity contribution in [1.82, 2.24) is 0 Å². The molecule has 0 radical (unpaired) electrons. The van der Waals surface area contributed by atoms with Crippen LogP contribution in [0.3, 0.4) is 0 Å². The standard InChI is InChI=1S/C17H17NO3/c1-2-20-17(19)15(12-18)14(16-9-6-10-21-16)11-13-7-4-3-5-8-13/h3-10,14-15H,2,11H2,1H3/t14-,15-/m1/s1. The highest BCUT2D eigenvalue weighted by atomic mass is 16.5. The third-order valence-electron chi connectivity index (χ3n) is 3.29. The molecule has 1 heterocycles. The Kier molecular flexibility index (Phi) is 5.16. The molecule has 0 bridgehead atoms. The second-order valence-electron chi connectivity index (χ2n) is 4.67. The Balaban J connectivity index is 2.28. The number of esters is 1. The van der Waals surface area contributed by atoms with Gasteiger partial charge in [0.15, 0.2) is 5.92 Å². The average molecular weight is 283 g/mol. The molecule has 0 unspecified atom stereocenters. The van der Waals surface area contributed by atoms with Crippen molar-refractivity contribution in [1.29, 1.82) is 5.26 Å². The number of nitrogens with zero attached hydrogens (tertiary/aromatic N) is 1. The van der Waals surface area contributed by atoms with Crippen molar-refractivity contribution in [3.63, 3.8) is 0 Å². The van der Waals surface area contributed by atoms with Gasteiger partial charge in [-0.1, -0.05) is 30.3 Å². The summed E-state index contributed by atoms with van der Waals surface area (Å²) in [6.07, 6.45) is 2.10. The second kappa shape index (κ2) is 7.30. The maximum atomic E-state index is 12.0. The summed E-state index contributed by atoms with van der Waals surface area (Å²) in [7, 11) is 0. The highest BCUT2D eigenvalue weighted by Crippen LogP contribution is 2.30. The van der Waals surface area contributed by atoms with Crippen molar-refractivity contribution in [2.24, 2.45) is 5.92 Å². The van der Waals surface area contributed by atoms with Gasteiger partial charge >= 0.3 is 5.97 Å². The molecule has 0 aliphatic heterocycles. The van der Waals surface area contributed by atoms with Crippen LogP contribution in [0.4, 0.5) is 0 Å². The van der Waals surface area contributed by atoms with Crippen LogP contribution < -0.4 is 0 Å². The molecule has 0 amide bonds. The first-order valence-corrected chi connectivity index (χ1v) is 6.89. The van der Waals surface area contributed by atoms with Crippen LogP contribution in [0.1, 0.15) is 24.2 Å². The third kappa shape index (κ3) is 3.73. The Morgan fingerprint density at radius 1 is 1.29 bits per heavy atom. The lowest BCUT2D eigenvalue weighted by Gasteiger charge is -2.19. The number of rotatable bonds is 6. The molecule has 2 atom stereocenters. The second-order valence-corrected chi connectivity index (χ2v) is 4.67. The fourth-order valence-electron chi connectivity index (χ4n) is 2.29. The summed E-state index contributed by atoms with van der Waals surface area (Å²) in [5, 5.41) is 9.38. The molecule has 0 fully saturated rings. The first kappa shape index (κ1) is 14.9. The SMILES string of the molecule is CCOC(=O)[C@H](C#N)[C@@H](Cc1ccccc1)c1ccco1. The lowest BCUT2D eigenvalue weighted by molar-refractivity contribution is -0.146. The van der Waals surface area contributed by atoms with Crippen molar-refractivity contribution < 1.29 is 13.9 Å². The number of carbonyl (C=O) groups excluding carboxylic acids is 1. The zero-order valence-corrected chi connectivity index (χ0v) is 11.9. The number of carbonyl (C=O) groups is 1. The molecule has 0 spiro atoms. The summed E-state index contributed by atoms with van der Waals surface area (Å²) >= 11 is 0. The number of furan rings is 1. The van der Waals surface area contributed by atoms with Crippen LogP contribution in [0.2, 0.25) is 0 Å². The molecule has 108 valence electrons. The van der Waals surface area contributed by atoms with Crippen LogP contribution >= 0.6 is 0 Å². The largest absolute Gasteiger partial charge is 0.469 e. The van der Waals surface area contributed by atoms with Gasteiger partial charge in [0.1, 0.15) is 5.76 Å². The number of nitriles is 1. The predicted octanol–water partition coefficient (Wildman–Crippen LogP) is 3.31. The predicted molar refractivity (Wildman–Crippen MR) is 77.3 cm³/mol. The highest BCUT2D eigenvalue weighted by Gasteiger charge is 2.32. The van der Waals surface area contributed by atoms with Gasteiger partial charge in [-0.05, 0) is 31.0 Å². The molecular formula is C17H17NO3. The van der Waals surface area contributed by atoms with E-state index >= 15 is 0 Å². The highest BCUT2D eigenvalue weighted by molar-refractivity contribution is 5.76. The lowest BCUT2D eigenvalue weighted by Crippen LogP contribution is -2.24. The van der Waals surface area contributed by atoms with Crippen LogP contribution in [0.5, 0.6) is 0 Å². The van der Waals surface area contributed by atoms with E-state index in [0.29, 0.717) is 12.2 Å². The molecule has 2 aromatic rings. The zero-order chi connectivity index (χ0) is 15.1. The van der Waals surface area contributed by atoms with Gasteiger partial charge in [-0.15, -0.1) is 0 Å². The smallest absolute Gasteiger partial charge is 0.324 e. The van der Waals surface area contributed by atoms with E-state index in [1.54, 1.807) is 25.3 Å². The Morgan fingerprint density at radius 3 is 2.62 bits per heavy atom. The summed E-state index contributed by atoms with van der Waals surface area (Å²) in [6.45, 7) is 1.98. The van der Waals surface area contributed by atoms with E-state index < -0.39 is 11.9 Å². The molecule has 0 saturated carbocycles. The van der Waals surface area contributed by atoms with E-state index in [4.69, 9.17) is 9.15 Å². The van der Waals surface area contributed by atoms with Gasteiger partial charge < -0.3 is 9.15 Å². The fourth-order valence-corrected chi connectivity index (χ4v) is 2.29. The molecule has 0 N–H and O–H groups in total. The molecule has 1 aromatic heterocycles. The normalized spacial score (nSPS) is 13.1. The number of ether oxygens (including phenoxy) is 1. The molecule has 0 saturated heterocycles. The van der Waals surface area contributed by atoms with Crippen molar-refractivity contribution in [2.75, 3.05) is 6.61 Å². The van der Waals surface area contributed by atoms with Gasteiger partial charge in [0.05, 0.1) is 18.9 Å². The van der Waals surface area contributed by atoms with Crippen molar-refractivity contribution in [3.8, 4) is 6.07 Å². The molecule has 0 aliphatic carbocycles. The molecule has 21 heavy (non-hydrogen) atoms. The van der Waals surface area contributed by atoms with E-state index in [-0.39, 0.29) is 12.5 Å². The topological polar surface area (TPSA) is 63.2 Å². The van der Waals surface area contributed by atoms with Crippen molar-refractivity contribution in [2.45, 2.75) is 19.3 Å². The maximum Gasteiger partial charge on any atom is 0.324 e. The van der Waals surface area contributed by atoms with Crippen LogP contribution in [-0.2, 0) is 16.0 Å². The number of benzene rings is 1. The monoisotopic (exact) mass is 283 g/mol. The average Bonchev–Trinajstić information content (AvgIpc) is 3.02. The summed E-state index contributed by atoms with van der Waals surface area (Å²) in [5.74, 6) is -1.11. The molecule has 0 aliphatic rings. The zero-order valence-electron chi connectivity index (χ0n) is 11.9. The first-order valence-electron chi connectivity index (χ1n) is 6.89. The fraction of sp³-hybridized carbons (Fsp3) is 0.294. The van der Waals surface area contributed by atoms with E-state index in [0.717, 1.165) is 5.56 Å². The van der Waals surface area contributed by atoms with Crippen LogP contribution in [0, 0.1) is 17.2 Å². The quantitative estimate of drug-likeness (QED) is 0.763. The lowest BCUT2D eigenvalue weighted by atomic mass is 9.85. The third-order valence-corrected chi connectivity index (χ3v) is 3.29. The Hall–Kier alpha value is -2.54. The van der Waals surface area contributed by atoms with E-state index in [1.807, 2.05) is 30.3 Å². The molecule has 1 aromatic carbocycles. The Bertz CT molecular complexity index is 599. The van der Waals surface area contributed by atoms with Gasteiger partial charge in [-0.25, -0.2) is 0 Å². The summed E-state index contributed by atoms with van der Waals surface area (Å²) in [5.41, 5.74) is 1.04. The van der Waals surface area contributed by atoms with Crippen LogP contribution in [0.15, 0.2) is 53.1 Å². The summed E-state index contributed by atoms with van der Waals surface area (Å²) in [6, 6.07) is 15.3. The van der Waals surface area contributed by atoms with Gasteiger partial charge in [0.25, 0.3) is 0 Å². The minimum atomic E-state index is -0.878. The minimum absolute atomic E-state index is 0.257. The molecule has 4 heteroatoms. The van der Waals surface area contributed by atoms with E-state index in [1.165, 1.54) is 0 Å². The summed E-state index contributed by atoms with van der Waals surface area (Å²) in [4.78, 5) is 12.0. The Morgan fingerprint density at radius 2 is 2.05 bits per heavy atom. The molecular weight excluding hydrogens is 266 g/mol. The van der Waals surface area contributed by atoms with E-state index in [9.17, 15) is 10.1 Å². The number of hydrogen-bond donors (Lipinski definition) is 0. The van der Waals surface area contributed by atoms with E-state index in [2.05, 4.69) is 6.07 Å².